The van der Waals surface area contributed by atoms with E-state index in [-0.39, 0.29) is 12.0 Å². The quantitative estimate of drug-likeness (QED) is 0.812. The lowest BCUT2D eigenvalue weighted by atomic mass is 9.98. The zero-order valence-corrected chi connectivity index (χ0v) is 14.1. The van der Waals surface area contributed by atoms with Gasteiger partial charge in [-0.25, -0.2) is 0 Å². The summed E-state index contributed by atoms with van der Waals surface area (Å²) >= 11 is 0. The van der Waals surface area contributed by atoms with Crippen LogP contribution >= 0.6 is 0 Å². The first-order chi connectivity index (χ1) is 10.9. The molecule has 0 spiro atoms. The van der Waals surface area contributed by atoms with E-state index in [1.54, 1.807) is 13.8 Å². The Labute approximate surface area is 137 Å². The predicted molar refractivity (Wildman–Crippen MR) is 90.6 cm³/mol. The molecule has 126 valence electrons. The van der Waals surface area contributed by atoms with Gasteiger partial charge in [-0.05, 0) is 50.8 Å². The Morgan fingerprint density at radius 1 is 1.39 bits per heavy atom. The van der Waals surface area contributed by atoms with E-state index in [1.165, 1.54) is 0 Å². The van der Waals surface area contributed by atoms with E-state index in [0.717, 1.165) is 30.5 Å². The molecule has 5 nitrogen and oxygen atoms in total. The van der Waals surface area contributed by atoms with Crippen LogP contribution in [0.3, 0.4) is 0 Å². The number of nitrogens with zero attached hydrogens (tertiary/aromatic N) is 1. The number of aryl methyl sites for hydroxylation is 1. The zero-order chi connectivity index (χ0) is 16.9. The molecule has 1 atom stereocenters. The van der Waals surface area contributed by atoms with Gasteiger partial charge < -0.3 is 15.3 Å². The number of rotatable bonds is 7. The number of aliphatic hydroxyl groups is 1. The van der Waals surface area contributed by atoms with Gasteiger partial charge in [-0.1, -0.05) is 24.2 Å². The molecule has 0 radical (unpaired) electrons. The summed E-state index contributed by atoms with van der Waals surface area (Å²) in [5.74, 6) is -0.104. The lowest BCUT2D eigenvalue weighted by Gasteiger charge is -2.16. The van der Waals surface area contributed by atoms with Gasteiger partial charge in [0.25, 0.3) is 5.91 Å². The van der Waals surface area contributed by atoms with Crippen molar-refractivity contribution >= 4 is 11.6 Å². The highest BCUT2D eigenvalue weighted by Crippen LogP contribution is 2.14. The molecule has 0 bridgehead atoms. The Bertz CT molecular complexity index is 559. The number of carbonyl (C=O) groups excluding carboxylic acids is 1. The zero-order valence-electron chi connectivity index (χ0n) is 14.1. The van der Waals surface area contributed by atoms with Crippen LogP contribution in [-0.2, 0) is 11.3 Å². The summed E-state index contributed by atoms with van der Waals surface area (Å²) in [4.78, 5) is 17.4. The first-order valence-corrected chi connectivity index (χ1v) is 8.18. The van der Waals surface area contributed by atoms with E-state index in [9.17, 15) is 9.90 Å². The largest absolute Gasteiger partial charge is 0.390 e. The smallest absolute Gasteiger partial charge is 0.251 e. The molecule has 23 heavy (non-hydrogen) atoms. The van der Waals surface area contributed by atoms with Gasteiger partial charge in [0.2, 0.25) is 0 Å². The molecule has 0 saturated heterocycles. The molecule has 0 fully saturated rings. The molecule has 1 aliphatic rings. The molecule has 0 aliphatic carbocycles. The molecular weight excluding hydrogens is 292 g/mol. The molecule has 5 heteroatoms. The molecule has 2 rings (SSSR count). The van der Waals surface area contributed by atoms with Crippen LogP contribution in [0.4, 0.5) is 0 Å². The molecule has 0 saturated carbocycles. The maximum atomic E-state index is 12.1. The van der Waals surface area contributed by atoms with Crippen LogP contribution in [0.25, 0.3) is 0 Å². The monoisotopic (exact) mass is 318 g/mol. The standard InChI is InChI=1S/C18H26N2O3/c1-4-15-11-16(23-20-15)12-19-17(21)14-7-5-13(6-8-14)9-10-18(2,3)22/h5-8,16,22H,4,9-12H2,1-3H3,(H,19,21). The van der Waals surface area contributed by atoms with Gasteiger partial charge in [0.1, 0.15) is 6.10 Å². The second kappa shape index (κ2) is 7.59. The summed E-state index contributed by atoms with van der Waals surface area (Å²) in [6.07, 6.45) is 3.10. The molecule has 1 aliphatic heterocycles. The number of benzene rings is 1. The molecule has 1 amide bonds. The van der Waals surface area contributed by atoms with E-state index >= 15 is 0 Å². The van der Waals surface area contributed by atoms with Crippen LogP contribution in [0.1, 0.15) is 56.0 Å². The third-order valence-corrected chi connectivity index (χ3v) is 3.93. The van der Waals surface area contributed by atoms with Crippen LogP contribution in [0.15, 0.2) is 29.4 Å². The van der Waals surface area contributed by atoms with Crippen LogP contribution in [0, 0.1) is 0 Å². The maximum absolute atomic E-state index is 12.1. The minimum Gasteiger partial charge on any atom is -0.390 e. The highest BCUT2D eigenvalue weighted by molar-refractivity contribution is 5.94. The fourth-order valence-corrected chi connectivity index (χ4v) is 2.39. The average molecular weight is 318 g/mol. The SMILES string of the molecule is CCC1=NOC(CNC(=O)c2ccc(CCC(C)(C)O)cc2)C1. The van der Waals surface area contributed by atoms with Crippen molar-refractivity contribution in [2.45, 2.75) is 58.2 Å². The molecule has 2 N–H and O–H groups in total. The van der Waals surface area contributed by atoms with Crippen molar-refractivity contribution < 1.29 is 14.7 Å². The van der Waals surface area contributed by atoms with E-state index in [0.29, 0.717) is 18.5 Å². The number of hydrogen-bond acceptors (Lipinski definition) is 4. The van der Waals surface area contributed by atoms with Crippen molar-refractivity contribution in [2.75, 3.05) is 6.54 Å². The fraction of sp³-hybridized carbons (Fsp3) is 0.556. The molecule has 1 aromatic carbocycles. The van der Waals surface area contributed by atoms with Crippen LogP contribution in [-0.4, -0.2) is 35.0 Å². The normalized spacial score (nSPS) is 17.6. The predicted octanol–water partition coefficient (Wildman–Crippen LogP) is 2.67. The second-order valence-electron chi connectivity index (χ2n) is 6.66. The summed E-state index contributed by atoms with van der Waals surface area (Å²) in [6, 6.07) is 7.51. The Morgan fingerprint density at radius 3 is 2.65 bits per heavy atom. The maximum Gasteiger partial charge on any atom is 0.251 e. The van der Waals surface area contributed by atoms with Crippen molar-refractivity contribution in [2.24, 2.45) is 5.16 Å². The number of oxime groups is 1. The molecule has 1 unspecified atom stereocenters. The van der Waals surface area contributed by atoms with Crippen molar-refractivity contribution in [1.82, 2.24) is 5.32 Å². The summed E-state index contributed by atoms with van der Waals surface area (Å²) < 4.78 is 0. The minimum atomic E-state index is -0.670. The Morgan fingerprint density at radius 2 is 2.09 bits per heavy atom. The Kier molecular flexibility index (Phi) is 5.77. The van der Waals surface area contributed by atoms with Crippen LogP contribution in [0.2, 0.25) is 0 Å². The molecular formula is C18H26N2O3. The molecule has 0 aromatic heterocycles. The van der Waals surface area contributed by atoms with Gasteiger partial charge in [0.15, 0.2) is 0 Å². The van der Waals surface area contributed by atoms with Gasteiger partial charge in [-0.2, -0.15) is 0 Å². The van der Waals surface area contributed by atoms with Crippen molar-refractivity contribution in [3.8, 4) is 0 Å². The van der Waals surface area contributed by atoms with Crippen molar-refractivity contribution in [1.29, 1.82) is 0 Å². The van der Waals surface area contributed by atoms with Gasteiger partial charge in [0, 0.05) is 12.0 Å². The minimum absolute atomic E-state index is 0.0556. The second-order valence-corrected chi connectivity index (χ2v) is 6.66. The van der Waals surface area contributed by atoms with E-state index < -0.39 is 5.60 Å². The van der Waals surface area contributed by atoms with Crippen LogP contribution < -0.4 is 5.32 Å². The van der Waals surface area contributed by atoms with E-state index in [2.05, 4.69) is 10.5 Å². The highest BCUT2D eigenvalue weighted by Gasteiger charge is 2.20. The number of carbonyl (C=O) groups is 1. The van der Waals surface area contributed by atoms with Crippen molar-refractivity contribution in [3.05, 3.63) is 35.4 Å². The third-order valence-electron chi connectivity index (χ3n) is 3.93. The topological polar surface area (TPSA) is 70.9 Å². The third kappa shape index (κ3) is 5.67. The molecule has 1 aromatic rings. The Hall–Kier alpha value is -1.88. The van der Waals surface area contributed by atoms with E-state index in [1.807, 2.05) is 31.2 Å². The van der Waals surface area contributed by atoms with Gasteiger partial charge in [-0.15, -0.1) is 0 Å². The fourth-order valence-electron chi connectivity index (χ4n) is 2.39. The number of amides is 1. The summed E-state index contributed by atoms with van der Waals surface area (Å²) in [5, 5.41) is 16.6. The van der Waals surface area contributed by atoms with Gasteiger partial charge >= 0.3 is 0 Å². The first kappa shape index (κ1) is 17.5. The summed E-state index contributed by atoms with van der Waals surface area (Å²) in [7, 11) is 0. The lowest BCUT2D eigenvalue weighted by Crippen LogP contribution is -2.32. The molecule has 1 heterocycles. The number of hydrogen-bond donors (Lipinski definition) is 2. The highest BCUT2D eigenvalue weighted by atomic mass is 16.6. The average Bonchev–Trinajstić information content (AvgIpc) is 2.98. The van der Waals surface area contributed by atoms with E-state index in [4.69, 9.17) is 4.84 Å². The Balaban J connectivity index is 1.79. The summed E-state index contributed by atoms with van der Waals surface area (Å²) in [5.41, 5.74) is 2.12. The lowest BCUT2D eigenvalue weighted by molar-refractivity contribution is 0.0713. The summed E-state index contributed by atoms with van der Waals surface area (Å²) in [6.45, 7) is 6.11. The van der Waals surface area contributed by atoms with Crippen LogP contribution in [0.5, 0.6) is 0 Å². The van der Waals surface area contributed by atoms with Gasteiger partial charge in [-0.3, -0.25) is 4.79 Å². The first-order valence-electron chi connectivity index (χ1n) is 8.18. The van der Waals surface area contributed by atoms with Gasteiger partial charge in [0.05, 0.1) is 17.9 Å². The number of nitrogens with one attached hydrogen (secondary N) is 1. The van der Waals surface area contributed by atoms with Crippen molar-refractivity contribution in [3.63, 3.8) is 0 Å².